The Morgan fingerprint density at radius 3 is 2.14 bits per heavy atom. The average molecular weight is 485 g/mol. The largest absolute Gasteiger partial charge is 0.360 e. The normalized spacial score (nSPS) is 26.9. The number of ether oxygens (including phenoxy) is 1. The van der Waals surface area contributed by atoms with Gasteiger partial charge in [-0.15, -0.1) is 0 Å². The minimum Gasteiger partial charge on any atom is -0.360 e. The Morgan fingerprint density at radius 1 is 0.943 bits per heavy atom. The predicted molar refractivity (Wildman–Crippen MR) is 142 cm³/mol. The summed E-state index contributed by atoms with van der Waals surface area (Å²) in [5.41, 5.74) is -0.688. The number of Topliss-reactive ketones (excluding diaryl/α,β-unsaturated/α-hetero) is 1. The number of carbonyl (C=O) groups excluding carboxylic acids is 1. The van der Waals surface area contributed by atoms with E-state index in [9.17, 15) is 15.0 Å². The Balaban J connectivity index is 1.42. The molecule has 2 N–H and O–H groups in total. The molecule has 35 heavy (non-hydrogen) atoms. The maximum Gasteiger partial charge on any atom is 0.224 e. The first kappa shape index (κ1) is 28.1. The number of benzene rings is 1. The molecule has 1 saturated heterocycles. The van der Waals surface area contributed by atoms with Crippen molar-refractivity contribution < 1.29 is 19.7 Å². The zero-order valence-corrected chi connectivity index (χ0v) is 22.9. The summed E-state index contributed by atoms with van der Waals surface area (Å²) in [5, 5.41) is 21.7. The highest BCUT2D eigenvalue weighted by Gasteiger charge is 2.82. The summed E-state index contributed by atoms with van der Waals surface area (Å²) in [6, 6.07) is 6.72. The number of carbonyl (C=O) groups is 1. The van der Waals surface area contributed by atoms with Gasteiger partial charge in [0.1, 0.15) is 0 Å². The minimum absolute atomic E-state index is 0.148. The van der Waals surface area contributed by atoms with Crippen LogP contribution in [-0.4, -0.2) is 27.2 Å². The van der Waals surface area contributed by atoms with Gasteiger partial charge in [-0.25, -0.2) is 0 Å². The van der Waals surface area contributed by atoms with Crippen LogP contribution in [-0.2, 0) is 10.5 Å². The highest BCUT2D eigenvalue weighted by atomic mass is 16.7. The molecule has 0 bridgehead atoms. The van der Waals surface area contributed by atoms with Gasteiger partial charge in [0.25, 0.3) is 0 Å². The molecule has 196 valence electrons. The van der Waals surface area contributed by atoms with Crippen LogP contribution < -0.4 is 0 Å². The second-order valence-corrected chi connectivity index (χ2v) is 12.1. The van der Waals surface area contributed by atoms with E-state index in [1.807, 2.05) is 0 Å². The van der Waals surface area contributed by atoms with Gasteiger partial charge in [-0.05, 0) is 44.4 Å². The summed E-state index contributed by atoms with van der Waals surface area (Å²) in [6.45, 7) is 13.1. The van der Waals surface area contributed by atoms with Crippen molar-refractivity contribution in [2.75, 3.05) is 0 Å². The van der Waals surface area contributed by atoms with Gasteiger partial charge in [-0.2, -0.15) is 0 Å². The third-order valence-electron chi connectivity index (χ3n) is 8.56. The van der Waals surface area contributed by atoms with Crippen molar-refractivity contribution >= 4 is 5.78 Å². The molecular formula is C31H48O4. The van der Waals surface area contributed by atoms with Gasteiger partial charge in [0.05, 0.1) is 0 Å². The molecule has 4 atom stereocenters. The Morgan fingerprint density at radius 2 is 1.51 bits per heavy atom. The van der Waals surface area contributed by atoms with Crippen LogP contribution in [0.4, 0.5) is 0 Å². The van der Waals surface area contributed by atoms with Crippen molar-refractivity contribution in [3.63, 3.8) is 0 Å². The molecule has 0 saturated carbocycles. The Bertz CT molecular complexity index is 901. The third kappa shape index (κ3) is 5.92. The van der Waals surface area contributed by atoms with Crippen LogP contribution in [0.3, 0.4) is 0 Å². The number of hydrogen-bond acceptors (Lipinski definition) is 4. The summed E-state index contributed by atoms with van der Waals surface area (Å²) in [5.74, 6) is 0.0663. The van der Waals surface area contributed by atoms with E-state index < -0.39 is 17.0 Å². The standard InChI is InChI=1S/C31H48O4/c1-22(2)12-9-13-23(3)14-10-15-24(4)16-11-17-25(5)20-21-30-28(32)26-18-7-8-19-27(26)31(33,34)29(30,6)35-30/h7-8,18-20,22-24,33-34H,9-17,21H2,1-6H3/b25-20+. The summed E-state index contributed by atoms with van der Waals surface area (Å²) in [4.78, 5) is 13.2. The average Bonchev–Trinajstić information content (AvgIpc) is 3.44. The molecule has 1 aliphatic heterocycles. The smallest absolute Gasteiger partial charge is 0.224 e. The number of hydrogen-bond donors (Lipinski definition) is 2. The first-order valence-electron chi connectivity index (χ1n) is 13.9. The lowest BCUT2D eigenvalue weighted by atomic mass is 9.70. The van der Waals surface area contributed by atoms with Gasteiger partial charge in [0.2, 0.25) is 5.79 Å². The van der Waals surface area contributed by atoms with E-state index in [0.717, 1.165) is 30.6 Å². The van der Waals surface area contributed by atoms with E-state index in [2.05, 4.69) is 40.7 Å². The third-order valence-corrected chi connectivity index (χ3v) is 8.56. The van der Waals surface area contributed by atoms with Gasteiger partial charge in [-0.1, -0.05) is 109 Å². The molecule has 3 rings (SSSR count). The Kier molecular flexibility index (Phi) is 9.05. The lowest BCUT2D eigenvalue weighted by molar-refractivity contribution is -0.215. The molecule has 0 spiro atoms. The summed E-state index contributed by atoms with van der Waals surface area (Å²) in [6.07, 6.45) is 13.8. The lowest BCUT2D eigenvalue weighted by Crippen LogP contribution is -2.52. The molecule has 0 amide bonds. The molecule has 1 heterocycles. The van der Waals surface area contributed by atoms with E-state index in [1.54, 1.807) is 31.2 Å². The molecule has 4 heteroatoms. The topological polar surface area (TPSA) is 70.1 Å². The predicted octanol–water partition coefficient (Wildman–Crippen LogP) is 7.32. The van der Waals surface area contributed by atoms with E-state index in [4.69, 9.17) is 4.74 Å². The highest BCUT2D eigenvalue weighted by molar-refractivity contribution is 6.08. The number of fused-ring (bicyclic) bond motifs is 2. The summed E-state index contributed by atoms with van der Waals surface area (Å²) >= 11 is 0. The van der Waals surface area contributed by atoms with E-state index in [-0.39, 0.29) is 11.3 Å². The van der Waals surface area contributed by atoms with Crippen molar-refractivity contribution in [1.82, 2.24) is 0 Å². The van der Waals surface area contributed by atoms with Crippen LogP contribution in [0.25, 0.3) is 0 Å². The molecule has 2 aliphatic rings. The highest BCUT2D eigenvalue weighted by Crippen LogP contribution is 2.63. The maximum absolute atomic E-state index is 13.2. The fraction of sp³-hybridized carbons (Fsp3) is 0.710. The maximum atomic E-state index is 13.2. The first-order chi connectivity index (χ1) is 16.4. The molecule has 1 aromatic carbocycles. The van der Waals surface area contributed by atoms with E-state index in [1.165, 1.54) is 50.5 Å². The van der Waals surface area contributed by atoms with Crippen molar-refractivity contribution in [2.45, 2.75) is 123 Å². The minimum atomic E-state index is -2.18. The van der Waals surface area contributed by atoms with Crippen molar-refractivity contribution in [3.8, 4) is 0 Å². The monoisotopic (exact) mass is 484 g/mol. The number of epoxide rings is 1. The zero-order valence-electron chi connectivity index (χ0n) is 22.9. The fourth-order valence-corrected chi connectivity index (χ4v) is 5.85. The zero-order chi connectivity index (χ0) is 25.9. The number of aliphatic hydroxyl groups is 2. The molecule has 0 radical (unpaired) electrons. The van der Waals surface area contributed by atoms with Gasteiger partial charge in [-0.3, -0.25) is 4.79 Å². The summed E-state index contributed by atoms with van der Waals surface area (Å²) in [7, 11) is 0. The molecule has 1 aliphatic carbocycles. The Labute approximate surface area is 213 Å². The lowest BCUT2D eigenvalue weighted by Gasteiger charge is -2.34. The van der Waals surface area contributed by atoms with E-state index >= 15 is 0 Å². The Hall–Kier alpha value is -1.49. The van der Waals surface area contributed by atoms with Crippen molar-refractivity contribution in [3.05, 3.63) is 47.0 Å². The molecule has 0 aromatic heterocycles. The molecular weight excluding hydrogens is 436 g/mol. The van der Waals surface area contributed by atoms with Gasteiger partial charge in [0.15, 0.2) is 17.0 Å². The van der Waals surface area contributed by atoms with Crippen LogP contribution in [0.5, 0.6) is 0 Å². The molecule has 1 fully saturated rings. The van der Waals surface area contributed by atoms with Crippen LogP contribution in [0.1, 0.15) is 122 Å². The van der Waals surface area contributed by atoms with Crippen molar-refractivity contribution in [1.29, 1.82) is 0 Å². The van der Waals surface area contributed by atoms with Crippen molar-refractivity contribution in [2.24, 2.45) is 17.8 Å². The van der Waals surface area contributed by atoms with Gasteiger partial charge in [0, 0.05) is 17.5 Å². The van der Waals surface area contributed by atoms with Gasteiger partial charge < -0.3 is 14.9 Å². The molecule has 4 unspecified atom stereocenters. The van der Waals surface area contributed by atoms with Crippen LogP contribution in [0.2, 0.25) is 0 Å². The van der Waals surface area contributed by atoms with E-state index in [0.29, 0.717) is 12.0 Å². The van der Waals surface area contributed by atoms with Crippen LogP contribution >= 0.6 is 0 Å². The molecule has 1 aromatic rings. The van der Waals surface area contributed by atoms with Gasteiger partial charge >= 0.3 is 0 Å². The first-order valence-corrected chi connectivity index (χ1v) is 13.9. The fourth-order valence-electron chi connectivity index (χ4n) is 5.85. The second kappa shape index (κ2) is 11.3. The summed E-state index contributed by atoms with van der Waals surface area (Å²) < 4.78 is 5.86. The second-order valence-electron chi connectivity index (χ2n) is 12.1. The van der Waals surface area contributed by atoms with Crippen LogP contribution in [0, 0.1) is 17.8 Å². The number of rotatable bonds is 14. The number of ketones is 1. The number of allylic oxidation sites excluding steroid dienone is 1. The molecule has 4 nitrogen and oxygen atoms in total. The quantitative estimate of drug-likeness (QED) is 0.165. The van der Waals surface area contributed by atoms with Crippen LogP contribution in [0.15, 0.2) is 35.9 Å². The SMILES string of the molecule is C/C(=C\CC12OC1(C)C(O)(O)c1ccccc1C2=O)CCCC(C)CCCC(C)CCCC(C)C.